The third kappa shape index (κ3) is 3.43. The van der Waals surface area contributed by atoms with Gasteiger partial charge in [0.05, 0.1) is 5.25 Å². The lowest BCUT2D eigenvalue weighted by atomic mass is 9.85. The summed E-state index contributed by atoms with van der Waals surface area (Å²) >= 11 is 3.48. The Balaban J connectivity index is 2.53. The maximum Gasteiger partial charge on any atom is 0.214 e. The fourth-order valence-corrected chi connectivity index (χ4v) is 3.98. The smallest absolute Gasteiger partial charge is 0.214 e. The largest absolute Gasteiger partial charge is 0.214 e. The van der Waals surface area contributed by atoms with Crippen molar-refractivity contribution < 1.29 is 8.42 Å². The second-order valence-corrected chi connectivity index (χ2v) is 7.01. The molecule has 0 amide bonds. The molecule has 0 bridgehead atoms. The summed E-state index contributed by atoms with van der Waals surface area (Å²) in [6.07, 6.45) is 3.63. The molecule has 0 aliphatic heterocycles. The predicted octanol–water partition coefficient (Wildman–Crippen LogP) is 2.27. The summed E-state index contributed by atoms with van der Waals surface area (Å²) in [7, 11) is -3.02. The molecule has 0 spiro atoms. The molecular formula is C10H20BrNO2S. The van der Waals surface area contributed by atoms with Crippen LogP contribution in [-0.2, 0) is 10.0 Å². The van der Waals surface area contributed by atoms with Gasteiger partial charge in [-0.15, -0.1) is 0 Å². The first kappa shape index (κ1) is 13.5. The fraction of sp³-hybridized carbons (Fsp3) is 1.00. The second-order valence-electron chi connectivity index (χ2n) is 4.41. The minimum absolute atomic E-state index is 0.0714. The van der Waals surface area contributed by atoms with E-state index in [1.807, 2.05) is 0 Å². The van der Waals surface area contributed by atoms with Crippen LogP contribution in [0.15, 0.2) is 0 Å². The maximum atomic E-state index is 11.7. The van der Waals surface area contributed by atoms with Crippen molar-refractivity contribution in [3.8, 4) is 0 Å². The standard InChI is InChI=1S/C10H20BrNO2S/c1-3-10(4-2,7-11)8-12-15(13,14)9-5-6-9/h9,12H,3-8H2,1-2H3. The molecule has 1 N–H and O–H groups in total. The van der Waals surface area contributed by atoms with E-state index in [0.29, 0.717) is 6.54 Å². The highest BCUT2D eigenvalue weighted by Crippen LogP contribution is 2.31. The maximum absolute atomic E-state index is 11.7. The van der Waals surface area contributed by atoms with Gasteiger partial charge in [-0.2, -0.15) is 0 Å². The fourth-order valence-electron chi connectivity index (χ4n) is 1.49. The normalized spacial score (nSPS) is 18.1. The van der Waals surface area contributed by atoms with E-state index in [0.717, 1.165) is 31.0 Å². The molecule has 0 aromatic rings. The highest BCUT2D eigenvalue weighted by Gasteiger charge is 2.37. The van der Waals surface area contributed by atoms with Gasteiger partial charge in [-0.3, -0.25) is 0 Å². The second kappa shape index (κ2) is 5.15. The number of hydrogen-bond acceptors (Lipinski definition) is 2. The van der Waals surface area contributed by atoms with Crippen molar-refractivity contribution >= 4 is 26.0 Å². The summed E-state index contributed by atoms with van der Waals surface area (Å²) in [6, 6.07) is 0. The van der Waals surface area contributed by atoms with Gasteiger partial charge in [0, 0.05) is 11.9 Å². The zero-order valence-electron chi connectivity index (χ0n) is 9.42. The minimum atomic E-state index is -3.02. The Morgan fingerprint density at radius 2 is 1.87 bits per heavy atom. The van der Waals surface area contributed by atoms with Crippen LogP contribution < -0.4 is 4.72 Å². The minimum Gasteiger partial charge on any atom is -0.214 e. The highest BCUT2D eigenvalue weighted by atomic mass is 79.9. The zero-order chi connectivity index (χ0) is 11.5. The van der Waals surface area contributed by atoms with Gasteiger partial charge in [0.25, 0.3) is 0 Å². The molecule has 0 atom stereocenters. The SMILES string of the molecule is CCC(CC)(CBr)CNS(=O)(=O)C1CC1. The average Bonchev–Trinajstić information content (AvgIpc) is 3.04. The Labute approximate surface area is 101 Å². The lowest BCUT2D eigenvalue weighted by Crippen LogP contribution is -2.39. The van der Waals surface area contributed by atoms with Gasteiger partial charge >= 0.3 is 0 Å². The molecule has 1 fully saturated rings. The molecule has 0 aromatic heterocycles. The van der Waals surface area contributed by atoms with Crippen LogP contribution in [0.25, 0.3) is 0 Å². The van der Waals surface area contributed by atoms with Crippen molar-refractivity contribution in [3.05, 3.63) is 0 Å². The summed E-state index contributed by atoms with van der Waals surface area (Å²) in [5.74, 6) is 0. The first-order valence-corrected chi connectivity index (χ1v) is 8.21. The Kier molecular flexibility index (Phi) is 4.62. The molecule has 1 aliphatic rings. The van der Waals surface area contributed by atoms with E-state index in [-0.39, 0.29) is 10.7 Å². The van der Waals surface area contributed by atoms with Crippen molar-refractivity contribution in [3.63, 3.8) is 0 Å². The van der Waals surface area contributed by atoms with E-state index in [1.165, 1.54) is 0 Å². The number of halogens is 1. The lowest BCUT2D eigenvalue weighted by Gasteiger charge is -2.29. The summed E-state index contributed by atoms with van der Waals surface area (Å²) < 4.78 is 26.1. The van der Waals surface area contributed by atoms with Crippen LogP contribution in [0.5, 0.6) is 0 Å². The molecule has 5 heteroatoms. The number of alkyl halides is 1. The molecule has 1 rings (SSSR count). The van der Waals surface area contributed by atoms with Crippen LogP contribution in [0.4, 0.5) is 0 Å². The van der Waals surface area contributed by atoms with Crippen LogP contribution in [0.3, 0.4) is 0 Å². The van der Waals surface area contributed by atoms with Gasteiger partial charge in [0.15, 0.2) is 0 Å². The summed E-state index contributed by atoms with van der Waals surface area (Å²) in [5, 5.41) is 0.736. The zero-order valence-corrected chi connectivity index (χ0v) is 11.8. The van der Waals surface area contributed by atoms with Crippen molar-refractivity contribution in [1.29, 1.82) is 0 Å². The summed E-state index contributed by atoms with van der Waals surface area (Å²) in [5.41, 5.74) is 0.0714. The number of hydrogen-bond donors (Lipinski definition) is 1. The van der Waals surface area contributed by atoms with Gasteiger partial charge < -0.3 is 0 Å². The predicted molar refractivity (Wildman–Crippen MR) is 66.8 cm³/mol. The van der Waals surface area contributed by atoms with E-state index in [1.54, 1.807) is 0 Å². The monoisotopic (exact) mass is 297 g/mol. The van der Waals surface area contributed by atoms with Crippen molar-refractivity contribution in [2.45, 2.75) is 44.8 Å². The van der Waals surface area contributed by atoms with Gasteiger partial charge in [-0.25, -0.2) is 13.1 Å². The third-order valence-electron chi connectivity index (χ3n) is 3.40. The number of rotatable bonds is 7. The molecule has 0 heterocycles. The van der Waals surface area contributed by atoms with Crippen LogP contribution in [0, 0.1) is 5.41 Å². The van der Waals surface area contributed by atoms with Crippen LogP contribution in [0.1, 0.15) is 39.5 Å². The molecule has 0 aromatic carbocycles. The summed E-state index contributed by atoms with van der Waals surface area (Å²) in [4.78, 5) is 0. The van der Waals surface area contributed by atoms with Gasteiger partial charge in [0.2, 0.25) is 10.0 Å². The topological polar surface area (TPSA) is 46.2 Å². The Hall–Kier alpha value is 0.390. The lowest BCUT2D eigenvalue weighted by molar-refractivity contribution is 0.309. The van der Waals surface area contributed by atoms with Crippen LogP contribution >= 0.6 is 15.9 Å². The summed E-state index contributed by atoms with van der Waals surface area (Å²) in [6.45, 7) is 4.77. The number of sulfonamides is 1. The van der Waals surface area contributed by atoms with Gasteiger partial charge in [-0.1, -0.05) is 29.8 Å². The molecular weight excluding hydrogens is 278 g/mol. The van der Waals surface area contributed by atoms with E-state index in [9.17, 15) is 8.42 Å². The van der Waals surface area contributed by atoms with Gasteiger partial charge in [-0.05, 0) is 31.1 Å². The van der Waals surface area contributed by atoms with Crippen LogP contribution in [-0.4, -0.2) is 25.5 Å². The first-order valence-electron chi connectivity index (χ1n) is 5.54. The van der Waals surface area contributed by atoms with Gasteiger partial charge in [0.1, 0.15) is 0 Å². The molecule has 1 saturated carbocycles. The first-order chi connectivity index (χ1) is 6.99. The van der Waals surface area contributed by atoms with E-state index in [2.05, 4.69) is 34.5 Å². The molecule has 1 aliphatic carbocycles. The van der Waals surface area contributed by atoms with Crippen LogP contribution in [0.2, 0.25) is 0 Å². The Morgan fingerprint density at radius 1 is 1.33 bits per heavy atom. The molecule has 0 unspecified atom stereocenters. The van der Waals surface area contributed by atoms with Crippen molar-refractivity contribution in [2.75, 3.05) is 11.9 Å². The molecule has 0 saturated heterocycles. The molecule has 3 nitrogen and oxygen atoms in total. The highest BCUT2D eigenvalue weighted by molar-refractivity contribution is 9.09. The Bertz CT molecular complexity index is 286. The quantitative estimate of drug-likeness (QED) is 0.733. The van der Waals surface area contributed by atoms with Crippen molar-refractivity contribution in [2.24, 2.45) is 5.41 Å². The Morgan fingerprint density at radius 3 is 2.20 bits per heavy atom. The molecule has 15 heavy (non-hydrogen) atoms. The van der Waals surface area contributed by atoms with E-state index >= 15 is 0 Å². The third-order valence-corrected chi connectivity index (χ3v) is 6.48. The molecule has 90 valence electrons. The average molecular weight is 298 g/mol. The van der Waals surface area contributed by atoms with E-state index < -0.39 is 10.0 Å². The molecule has 0 radical (unpaired) electrons. The number of nitrogens with one attached hydrogen (secondary N) is 1. The van der Waals surface area contributed by atoms with Crippen molar-refractivity contribution in [1.82, 2.24) is 4.72 Å². The van der Waals surface area contributed by atoms with E-state index in [4.69, 9.17) is 0 Å².